The quantitative estimate of drug-likeness (QED) is 0.683. The van der Waals surface area contributed by atoms with Crippen molar-refractivity contribution >= 4 is 12.4 Å². The van der Waals surface area contributed by atoms with Crippen molar-refractivity contribution in [1.29, 1.82) is 0 Å². The highest BCUT2D eigenvalue weighted by molar-refractivity contribution is 5.85. The number of benzene rings is 3. The van der Waals surface area contributed by atoms with Crippen LogP contribution in [0.4, 0.5) is 0 Å². The number of aliphatic hydroxyl groups is 1. The van der Waals surface area contributed by atoms with Gasteiger partial charge in [-0.15, -0.1) is 12.4 Å². The SMILES string of the molecule is CN(C)CC(O)(c1ccccc1)C(c1ccccc1)c1ccccc1.Cl. The van der Waals surface area contributed by atoms with Gasteiger partial charge in [-0.25, -0.2) is 0 Å². The Morgan fingerprint density at radius 3 is 1.50 bits per heavy atom. The van der Waals surface area contributed by atoms with Crippen molar-refractivity contribution in [2.24, 2.45) is 0 Å². The molecule has 136 valence electrons. The number of halogens is 1. The van der Waals surface area contributed by atoms with Crippen molar-refractivity contribution in [2.75, 3.05) is 20.6 Å². The highest BCUT2D eigenvalue weighted by atomic mass is 35.5. The molecule has 0 aliphatic carbocycles. The van der Waals surface area contributed by atoms with Crippen molar-refractivity contribution in [2.45, 2.75) is 11.5 Å². The Morgan fingerprint density at radius 1 is 0.731 bits per heavy atom. The summed E-state index contributed by atoms with van der Waals surface area (Å²) in [7, 11) is 4.00. The molecule has 0 fully saturated rings. The highest BCUT2D eigenvalue weighted by Crippen LogP contribution is 2.42. The summed E-state index contributed by atoms with van der Waals surface area (Å²) in [6.45, 7) is 0.533. The first-order valence-electron chi connectivity index (χ1n) is 8.64. The van der Waals surface area contributed by atoms with Crippen LogP contribution in [0.25, 0.3) is 0 Å². The first-order chi connectivity index (χ1) is 12.1. The van der Waals surface area contributed by atoms with Gasteiger partial charge in [0.1, 0.15) is 5.60 Å². The maximum atomic E-state index is 12.0. The Bertz CT molecular complexity index is 738. The molecule has 0 spiro atoms. The number of likely N-dealkylation sites (N-methyl/N-ethyl adjacent to an activating group) is 1. The molecule has 3 aromatic rings. The summed E-state index contributed by atoms with van der Waals surface area (Å²) >= 11 is 0. The van der Waals surface area contributed by atoms with E-state index >= 15 is 0 Å². The molecule has 1 unspecified atom stereocenters. The summed E-state index contributed by atoms with van der Waals surface area (Å²) < 4.78 is 0. The van der Waals surface area contributed by atoms with Crippen LogP contribution in [0.5, 0.6) is 0 Å². The Morgan fingerprint density at radius 2 is 1.12 bits per heavy atom. The van der Waals surface area contributed by atoms with Crippen molar-refractivity contribution in [3.63, 3.8) is 0 Å². The van der Waals surface area contributed by atoms with Crippen molar-refractivity contribution in [3.8, 4) is 0 Å². The van der Waals surface area contributed by atoms with E-state index in [0.717, 1.165) is 16.7 Å². The number of nitrogens with zero attached hydrogens (tertiary/aromatic N) is 1. The molecule has 0 radical (unpaired) electrons. The predicted octanol–water partition coefficient (Wildman–Crippen LogP) is 4.69. The summed E-state index contributed by atoms with van der Waals surface area (Å²) in [6, 6.07) is 30.6. The molecule has 0 amide bonds. The smallest absolute Gasteiger partial charge is 0.113 e. The maximum absolute atomic E-state index is 12.0. The average Bonchev–Trinajstić information content (AvgIpc) is 2.64. The Hall–Kier alpha value is -2.13. The van der Waals surface area contributed by atoms with Crippen LogP contribution in [0, 0.1) is 0 Å². The zero-order valence-electron chi connectivity index (χ0n) is 15.2. The van der Waals surface area contributed by atoms with Crippen LogP contribution in [-0.4, -0.2) is 30.6 Å². The van der Waals surface area contributed by atoms with Crippen LogP contribution in [0.2, 0.25) is 0 Å². The minimum absolute atomic E-state index is 0. The molecule has 0 bridgehead atoms. The molecule has 1 N–H and O–H groups in total. The second-order valence-corrected chi connectivity index (χ2v) is 6.78. The van der Waals surface area contributed by atoms with E-state index in [9.17, 15) is 5.11 Å². The maximum Gasteiger partial charge on any atom is 0.113 e. The van der Waals surface area contributed by atoms with E-state index in [1.54, 1.807) is 0 Å². The first-order valence-corrected chi connectivity index (χ1v) is 8.64. The van der Waals surface area contributed by atoms with Crippen molar-refractivity contribution in [3.05, 3.63) is 108 Å². The minimum atomic E-state index is -1.03. The van der Waals surface area contributed by atoms with Gasteiger partial charge < -0.3 is 10.0 Å². The van der Waals surface area contributed by atoms with E-state index in [1.807, 2.05) is 85.7 Å². The van der Waals surface area contributed by atoms with E-state index in [1.165, 1.54) is 0 Å². The van der Waals surface area contributed by atoms with Gasteiger partial charge in [-0.3, -0.25) is 0 Å². The minimum Gasteiger partial charge on any atom is -0.383 e. The highest BCUT2D eigenvalue weighted by Gasteiger charge is 2.40. The van der Waals surface area contributed by atoms with E-state index in [2.05, 4.69) is 24.3 Å². The lowest BCUT2D eigenvalue weighted by molar-refractivity contribution is -0.00419. The molecular formula is C23H26ClNO. The summed E-state index contributed by atoms with van der Waals surface area (Å²) in [5.41, 5.74) is 2.12. The van der Waals surface area contributed by atoms with Crippen LogP contribution in [0.15, 0.2) is 91.0 Å². The molecule has 0 heterocycles. The van der Waals surface area contributed by atoms with Gasteiger partial charge in [0.05, 0.1) is 0 Å². The Labute approximate surface area is 162 Å². The Kier molecular flexibility index (Phi) is 6.98. The normalized spacial score (nSPS) is 13.3. The molecule has 0 aliphatic rings. The van der Waals surface area contributed by atoms with Gasteiger partial charge >= 0.3 is 0 Å². The number of hydrogen-bond acceptors (Lipinski definition) is 2. The van der Waals surface area contributed by atoms with Crippen LogP contribution in [0.1, 0.15) is 22.6 Å². The lowest BCUT2D eigenvalue weighted by Crippen LogP contribution is -2.43. The van der Waals surface area contributed by atoms with E-state index < -0.39 is 5.60 Å². The third-order valence-corrected chi connectivity index (χ3v) is 4.57. The summed E-state index contributed by atoms with van der Waals surface area (Å²) in [5, 5.41) is 12.0. The van der Waals surface area contributed by atoms with Gasteiger partial charge in [0.2, 0.25) is 0 Å². The third kappa shape index (κ3) is 4.34. The van der Waals surface area contributed by atoms with E-state index in [4.69, 9.17) is 0 Å². The number of rotatable bonds is 6. The number of hydrogen-bond donors (Lipinski definition) is 1. The van der Waals surface area contributed by atoms with Crippen LogP contribution in [0.3, 0.4) is 0 Å². The van der Waals surface area contributed by atoms with Gasteiger partial charge in [-0.2, -0.15) is 0 Å². The van der Waals surface area contributed by atoms with E-state index in [-0.39, 0.29) is 18.3 Å². The van der Waals surface area contributed by atoms with Crippen LogP contribution >= 0.6 is 12.4 Å². The third-order valence-electron chi connectivity index (χ3n) is 4.57. The van der Waals surface area contributed by atoms with Gasteiger partial charge in [0, 0.05) is 12.5 Å². The fourth-order valence-corrected chi connectivity index (χ4v) is 3.59. The molecule has 1 atom stereocenters. The van der Waals surface area contributed by atoms with Crippen molar-refractivity contribution in [1.82, 2.24) is 4.90 Å². The summed E-state index contributed by atoms with van der Waals surface area (Å²) in [5.74, 6) is -0.153. The lowest BCUT2D eigenvalue weighted by Gasteiger charge is -2.39. The summed E-state index contributed by atoms with van der Waals surface area (Å²) in [6.07, 6.45) is 0. The van der Waals surface area contributed by atoms with Crippen LogP contribution in [-0.2, 0) is 5.60 Å². The first kappa shape index (κ1) is 20.2. The molecule has 0 aromatic heterocycles. The molecular weight excluding hydrogens is 342 g/mol. The average molecular weight is 368 g/mol. The largest absolute Gasteiger partial charge is 0.383 e. The lowest BCUT2D eigenvalue weighted by atomic mass is 9.73. The molecule has 3 rings (SSSR count). The fraction of sp³-hybridized carbons (Fsp3) is 0.217. The summed E-state index contributed by atoms with van der Waals surface area (Å²) in [4.78, 5) is 2.05. The van der Waals surface area contributed by atoms with Gasteiger partial charge in [-0.1, -0.05) is 91.0 Å². The van der Waals surface area contributed by atoms with Crippen LogP contribution < -0.4 is 0 Å². The second kappa shape index (κ2) is 9.00. The van der Waals surface area contributed by atoms with Gasteiger partial charge in [-0.05, 0) is 30.8 Å². The standard InChI is InChI=1S/C23H25NO.ClH/c1-24(2)18-23(25,21-16-10-5-11-17-21)22(19-12-6-3-7-13-19)20-14-8-4-9-15-20;/h3-17,22,25H,18H2,1-2H3;1H. The Balaban J connectivity index is 0.00000243. The predicted molar refractivity (Wildman–Crippen MR) is 111 cm³/mol. The molecule has 3 heteroatoms. The van der Waals surface area contributed by atoms with E-state index in [0.29, 0.717) is 6.54 Å². The monoisotopic (exact) mass is 367 g/mol. The van der Waals surface area contributed by atoms with Crippen molar-refractivity contribution < 1.29 is 5.11 Å². The topological polar surface area (TPSA) is 23.5 Å². The van der Waals surface area contributed by atoms with Gasteiger partial charge in [0.25, 0.3) is 0 Å². The van der Waals surface area contributed by atoms with Gasteiger partial charge in [0.15, 0.2) is 0 Å². The molecule has 3 aromatic carbocycles. The molecule has 26 heavy (non-hydrogen) atoms. The fourth-order valence-electron chi connectivity index (χ4n) is 3.59. The second-order valence-electron chi connectivity index (χ2n) is 6.78. The molecule has 0 saturated carbocycles. The molecule has 2 nitrogen and oxygen atoms in total. The molecule has 0 aliphatic heterocycles. The zero-order chi connectivity index (χ0) is 17.7. The molecule has 0 saturated heterocycles. The zero-order valence-corrected chi connectivity index (χ0v) is 16.1.